The summed E-state index contributed by atoms with van der Waals surface area (Å²) in [5.41, 5.74) is 1.87. The van der Waals surface area contributed by atoms with Crippen LogP contribution in [0.4, 0.5) is 0 Å². The molecule has 7 heteroatoms. The topological polar surface area (TPSA) is 88.9 Å². The molecule has 0 bridgehead atoms. The van der Waals surface area contributed by atoms with Gasteiger partial charge in [-0.05, 0) is 32.0 Å². The summed E-state index contributed by atoms with van der Waals surface area (Å²) in [5.74, 6) is -0.568. The van der Waals surface area contributed by atoms with E-state index >= 15 is 0 Å². The molecule has 0 aliphatic heterocycles. The molecule has 0 unspecified atom stereocenters. The van der Waals surface area contributed by atoms with Crippen molar-refractivity contribution in [1.29, 1.82) is 0 Å². The van der Waals surface area contributed by atoms with Gasteiger partial charge in [0.25, 0.3) is 5.91 Å². The SMILES string of the molecule is CC(C)NC(=O)CNC(=O)c1cc(-c2cccnc2)nn1C. The van der Waals surface area contributed by atoms with Crippen molar-refractivity contribution < 1.29 is 9.59 Å². The third-order valence-electron chi connectivity index (χ3n) is 2.93. The van der Waals surface area contributed by atoms with Gasteiger partial charge in [-0.15, -0.1) is 0 Å². The summed E-state index contributed by atoms with van der Waals surface area (Å²) in [7, 11) is 1.68. The van der Waals surface area contributed by atoms with Gasteiger partial charge in [-0.2, -0.15) is 5.10 Å². The second-order valence-corrected chi connectivity index (χ2v) is 5.19. The first-order valence-corrected chi connectivity index (χ1v) is 6.99. The molecule has 7 nitrogen and oxygen atoms in total. The zero-order valence-electron chi connectivity index (χ0n) is 12.8. The van der Waals surface area contributed by atoms with Crippen LogP contribution in [0.1, 0.15) is 24.3 Å². The summed E-state index contributed by atoms with van der Waals surface area (Å²) in [6.45, 7) is 3.66. The molecule has 0 spiro atoms. The first kappa shape index (κ1) is 15.7. The predicted molar refractivity (Wildman–Crippen MR) is 82.1 cm³/mol. The molecule has 0 aliphatic rings. The molecule has 2 N–H and O–H groups in total. The van der Waals surface area contributed by atoms with Crippen LogP contribution in [0.5, 0.6) is 0 Å². The number of carbonyl (C=O) groups is 2. The summed E-state index contributed by atoms with van der Waals surface area (Å²) in [6.07, 6.45) is 3.35. The highest BCUT2D eigenvalue weighted by Crippen LogP contribution is 2.17. The fraction of sp³-hybridized carbons (Fsp3) is 0.333. The molecule has 2 aromatic heterocycles. The molecule has 2 amide bonds. The molecule has 0 radical (unpaired) electrons. The van der Waals surface area contributed by atoms with Crippen LogP contribution in [0.2, 0.25) is 0 Å². The van der Waals surface area contributed by atoms with E-state index in [2.05, 4.69) is 20.7 Å². The van der Waals surface area contributed by atoms with E-state index in [-0.39, 0.29) is 24.4 Å². The maximum absolute atomic E-state index is 12.1. The number of hydrogen-bond acceptors (Lipinski definition) is 4. The maximum atomic E-state index is 12.1. The van der Waals surface area contributed by atoms with Crippen LogP contribution in [-0.4, -0.2) is 39.2 Å². The van der Waals surface area contributed by atoms with E-state index in [0.717, 1.165) is 5.56 Å². The Hall–Kier alpha value is -2.70. The van der Waals surface area contributed by atoms with Crippen molar-refractivity contribution in [2.45, 2.75) is 19.9 Å². The predicted octanol–water partition coefficient (Wildman–Crippen LogP) is 0.736. The third-order valence-corrected chi connectivity index (χ3v) is 2.93. The van der Waals surface area contributed by atoms with E-state index in [1.165, 1.54) is 4.68 Å². The summed E-state index contributed by atoms with van der Waals surface area (Å²) in [6, 6.07) is 5.39. The monoisotopic (exact) mass is 301 g/mol. The van der Waals surface area contributed by atoms with Crippen LogP contribution >= 0.6 is 0 Å². The van der Waals surface area contributed by atoms with E-state index in [1.54, 1.807) is 31.6 Å². The first-order valence-electron chi connectivity index (χ1n) is 6.99. The number of rotatable bonds is 5. The Kier molecular flexibility index (Phi) is 4.88. The smallest absolute Gasteiger partial charge is 0.269 e. The van der Waals surface area contributed by atoms with Crippen molar-refractivity contribution >= 4 is 11.8 Å². The zero-order valence-corrected chi connectivity index (χ0v) is 12.8. The normalized spacial score (nSPS) is 10.5. The van der Waals surface area contributed by atoms with Gasteiger partial charge in [-0.25, -0.2) is 0 Å². The minimum absolute atomic E-state index is 0.0401. The Balaban J connectivity index is 2.05. The Labute approximate surface area is 128 Å². The molecule has 0 atom stereocenters. The van der Waals surface area contributed by atoms with E-state index in [4.69, 9.17) is 0 Å². The molecule has 22 heavy (non-hydrogen) atoms. The second kappa shape index (κ2) is 6.84. The maximum Gasteiger partial charge on any atom is 0.269 e. The summed E-state index contributed by atoms with van der Waals surface area (Å²) >= 11 is 0. The van der Waals surface area contributed by atoms with Gasteiger partial charge in [-0.3, -0.25) is 19.3 Å². The minimum atomic E-state index is -0.343. The van der Waals surface area contributed by atoms with Gasteiger partial charge in [0.2, 0.25) is 5.91 Å². The van der Waals surface area contributed by atoms with Gasteiger partial charge >= 0.3 is 0 Å². The van der Waals surface area contributed by atoms with Crippen LogP contribution in [-0.2, 0) is 11.8 Å². The van der Waals surface area contributed by atoms with Gasteiger partial charge in [0.1, 0.15) is 5.69 Å². The fourth-order valence-corrected chi connectivity index (χ4v) is 1.96. The highest BCUT2D eigenvalue weighted by atomic mass is 16.2. The van der Waals surface area contributed by atoms with E-state index in [1.807, 2.05) is 19.9 Å². The number of nitrogens with one attached hydrogen (secondary N) is 2. The van der Waals surface area contributed by atoms with Crippen LogP contribution in [0, 0.1) is 0 Å². The minimum Gasteiger partial charge on any atom is -0.352 e. The highest BCUT2D eigenvalue weighted by molar-refractivity contribution is 5.96. The Morgan fingerprint density at radius 3 is 2.77 bits per heavy atom. The quantitative estimate of drug-likeness (QED) is 0.852. The molecular weight excluding hydrogens is 282 g/mol. The number of nitrogens with zero attached hydrogens (tertiary/aromatic N) is 3. The standard InChI is InChI=1S/C15H19N5O2/c1-10(2)18-14(21)9-17-15(22)13-7-12(19-20(13)3)11-5-4-6-16-8-11/h4-8,10H,9H2,1-3H3,(H,17,22)(H,18,21). The molecule has 2 aromatic rings. The number of aromatic nitrogens is 3. The van der Waals surface area contributed by atoms with Crippen molar-refractivity contribution in [2.24, 2.45) is 7.05 Å². The van der Waals surface area contributed by atoms with Crippen LogP contribution < -0.4 is 10.6 Å². The van der Waals surface area contributed by atoms with E-state index in [9.17, 15) is 9.59 Å². The molecule has 116 valence electrons. The Bertz CT molecular complexity index is 664. The van der Waals surface area contributed by atoms with Gasteiger partial charge < -0.3 is 10.6 Å². The van der Waals surface area contributed by atoms with Crippen molar-refractivity contribution in [3.63, 3.8) is 0 Å². The van der Waals surface area contributed by atoms with Crippen molar-refractivity contribution in [3.8, 4) is 11.3 Å². The van der Waals surface area contributed by atoms with Gasteiger partial charge in [0.15, 0.2) is 0 Å². The largest absolute Gasteiger partial charge is 0.352 e. The number of amides is 2. The van der Waals surface area contributed by atoms with Crippen molar-refractivity contribution in [3.05, 3.63) is 36.3 Å². The van der Waals surface area contributed by atoms with Crippen LogP contribution in [0.15, 0.2) is 30.6 Å². The molecule has 0 aromatic carbocycles. The number of carbonyl (C=O) groups excluding carboxylic acids is 2. The number of hydrogen-bond donors (Lipinski definition) is 2. The molecule has 0 saturated carbocycles. The summed E-state index contributed by atoms with van der Waals surface area (Å²) in [5, 5.41) is 9.59. The second-order valence-electron chi connectivity index (χ2n) is 5.19. The van der Waals surface area contributed by atoms with E-state index < -0.39 is 0 Å². The fourth-order valence-electron chi connectivity index (χ4n) is 1.96. The lowest BCUT2D eigenvalue weighted by molar-refractivity contribution is -0.120. The summed E-state index contributed by atoms with van der Waals surface area (Å²) < 4.78 is 1.48. The average molecular weight is 301 g/mol. The van der Waals surface area contributed by atoms with Crippen molar-refractivity contribution in [1.82, 2.24) is 25.4 Å². The molecule has 2 rings (SSSR count). The van der Waals surface area contributed by atoms with Crippen LogP contribution in [0.3, 0.4) is 0 Å². The van der Waals surface area contributed by atoms with Gasteiger partial charge in [0, 0.05) is 31.0 Å². The number of pyridine rings is 1. The molecular formula is C15H19N5O2. The lowest BCUT2D eigenvalue weighted by atomic mass is 10.2. The lowest BCUT2D eigenvalue weighted by Gasteiger charge is -2.09. The molecule has 2 heterocycles. The lowest BCUT2D eigenvalue weighted by Crippen LogP contribution is -2.40. The average Bonchev–Trinajstić information content (AvgIpc) is 2.87. The molecule has 0 aliphatic carbocycles. The first-order chi connectivity index (χ1) is 10.5. The van der Waals surface area contributed by atoms with Gasteiger partial charge in [-0.1, -0.05) is 0 Å². The van der Waals surface area contributed by atoms with Crippen molar-refractivity contribution in [2.75, 3.05) is 6.54 Å². The Morgan fingerprint density at radius 1 is 1.36 bits per heavy atom. The summed E-state index contributed by atoms with van der Waals surface area (Å²) in [4.78, 5) is 27.7. The van der Waals surface area contributed by atoms with E-state index in [0.29, 0.717) is 11.4 Å². The highest BCUT2D eigenvalue weighted by Gasteiger charge is 2.15. The van der Waals surface area contributed by atoms with Gasteiger partial charge in [0.05, 0.1) is 12.2 Å². The third kappa shape index (κ3) is 3.91. The molecule has 0 fully saturated rings. The molecule has 0 saturated heterocycles. The van der Waals surface area contributed by atoms with Crippen LogP contribution in [0.25, 0.3) is 11.3 Å². The Morgan fingerprint density at radius 2 is 2.14 bits per heavy atom. The zero-order chi connectivity index (χ0) is 16.1. The number of aryl methyl sites for hydroxylation is 1.